The highest BCUT2D eigenvalue weighted by atomic mass is 35.5. The van der Waals surface area contributed by atoms with E-state index in [0.717, 1.165) is 11.3 Å². The van der Waals surface area contributed by atoms with Gasteiger partial charge in [-0.25, -0.2) is 9.18 Å². The zero-order valence-corrected chi connectivity index (χ0v) is 16.6. The van der Waals surface area contributed by atoms with Gasteiger partial charge in [-0.15, -0.1) is 0 Å². The van der Waals surface area contributed by atoms with Crippen LogP contribution in [0.5, 0.6) is 0 Å². The SMILES string of the molecule is Cc1c(CNCc2cccc(Cl)c2)c(C(=O)O)c(C)n1Cc1ccccc1F. The van der Waals surface area contributed by atoms with Crippen LogP contribution in [0.15, 0.2) is 48.5 Å². The Morgan fingerprint density at radius 3 is 2.54 bits per heavy atom. The summed E-state index contributed by atoms with van der Waals surface area (Å²) >= 11 is 6.01. The summed E-state index contributed by atoms with van der Waals surface area (Å²) in [7, 11) is 0. The summed E-state index contributed by atoms with van der Waals surface area (Å²) in [6.45, 7) is 4.88. The van der Waals surface area contributed by atoms with Crippen LogP contribution in [0, 0.1) is 19.7 Å². The van der Waals surface area contributed by atoms with E-state index >= 15 is 0 Å². The minimum atomic E-state index is -0.979. The topological polar surface area (TPSA) is 54.3 Å². The minimum absolute atomic E-state index is 0.271. The van der Waals surface area contributed by atoms with Gasteiger partial charge in [-0.3, -0.25) is 0 Å². The Labute approximate surface area is 168 Å². The molecule has 3 rings (SSSR count). The van der Waals surface area contributed by atoms with Gasteiger partial charge in [0, 0.05) is 40.6 Å². The summed E-state index contributed by atoms with van der Waals surface area (Å²) in [4.78, 5) is 11.9. The Morgan fingerprint density at radius 1 is 1.11 bits per heavy atom. The van der Waals surface area contributed by atoms with Gasteiger partial charge < -0.3 is 15.0 Å². The number of hydrogen-bond acceptors (Lipinski definition) is 2. The number of benzene rings is 2. The maximum atomic E-state index is 14.1. The maximum absolute atomic E-state index is 14.1. The van der Waals surface area contributed by atoms with Gasteiger partial charge in [0.2, 0.25) is 0 Å². The molecule has 146 valence electrons. The van der Waals surface area contributed by atoms with E-state index in [1.807, 2.05) is 35.8 Å². The van der Waals surface area contributed by atoms with Crippen LogP contribution in [0.1, 0.15) is 38.4 Å². The lowest BCUT2D eigenvalue weighted by molar-refractivity contribution is 0.0694. The molecule has 0 aliphatic heterocycles. The van der Waals surface area contributed by atoms with Crippen LogP contribution >= 0.6 is 11.6 Å². The average molecular weight is 401 g/mol. The van der Waals surface area contributed by atoms with Crippen LogP contribution in [0.2, 0.25) is 5.02 Å². The van der Waals surface area contributed by atoms with Gasteiger partial charge in [0.15, 0.2) is 0 Å². The molecule has 0 bridgehead atoms. The van der Waals surface area contributed by atoms with Crippen molar-refractivity contribution in [2.75, 3.05) is 0 Å². The van der Waals surface area contributed by atoms with Crippen molar-refractivity contribution in [2.45, 2.75) is 33.5 Å². The number of nitrogens with one attached hydrogen (secondary N) is 1. The molecule has 0 unspecified atom stereocenters. The Morgan fingerprint density at radius 2 is 1.86 bits per heavy atom. The average Bonchev–Trinajstić information content (AvgIpc) is 2.88. The zero-order chi connectivity index (χ0) is 20.3. The van der Waals surface area contributed by atoms with E-state index in [-0.39, 0.29) is 11.4 Å². The van der Waals surface area contributed by atoms with Crippen molar-refractivity contribution in [3.8, 4) is 0 Å². The van der Waals surface area contributed by atoms with Gasteiger partial charge in [-0.05, 0) is 37.6 Å². The van der Waals surface area contributed by atoms with Gasteiger partial charge in [0.1, 0.15) is 5.82 Å². The number of hydrogen-bond donors (Lipinski definition) is 2. The third kappa shape index (κ3) is 4.26. The number of rotatable bonds is 7. The predicted octanol–water partition coefficient (Wildman–Crippen LogP) is 4.93. The molecule has 1 aromatic heterocycles. The number of halogens is 2. The summed E-state index contributed by atoms with van der Waals surface area (Å²) in [6.07, 6.45) is 0. The first kappa shape index (κ1) is 20.1. The number of carboxylic acids is 1. The number of nitrogens with zero attached hydrogens (tertiary/aromatic N) is 1. The molecule has 6 heteroatoms. The summed E-state index contributed by atoms with van der Waals surface area (Å²) in [5, 5.41) is 13.7. The second kappa shape index (κ2) is 8.59. The lowest BCUT2D eigenvalue weighted by Gasteiger charge is -2.11. The predicted molar refractivity (Wildman–Crippen MR) is 108 cm³/mol. The number of carbonyl (C=O) groups is 1. The molecule has 0 radical (unpaired) electrons. The molecule has 0 amide bonds. The molecular weight excluding hydrogens is 379 g/mol. The van der Waals surface area contributed by atoms with Gasteiger partial charge in [0.25, 0.3) is 0 Å². The van der Waals surface area contributed by atoms with Crippen molar-refractivity contribution in [3.05, 3.63) is 93.0 Å². The number of carboxylic acid groups (broad SMARTS) is 1. The van der Waals surface area contributed by atoms with E-state index in [1.165, 1.54) is 6.07 Å². The largest absolute Gasteiger partial charge is 0.478 e. The lowest BCUT2D eigenvalue weighted by atomic mass is 10.1. The van der Waals surface area contributed by atoms with Crippen molar-refractivity contribution in [1.82, 2.24) is 9.88 Å². The Kier molecular flexibility index (Phi) is 6.17. The van der Waals surface area contributed by atoms with Gasteiger partial charge in [0.05, 0.1) is 12.1 Å². The fourth-order valence-electron chi connectivity index (χ4n) is 3.46. The van der Waals surface area contributed by atoms with E-state index < -0.39 is 5.97 Å². The molecule has 0 saturated heterocycles. The third-order valence-corrected chi connectivity index (χ3v) is 5.17. The van der Waals surface area contributed by atoms with E-state index in [4.69, 9.17) is 11.6 Å². The van der Waals surface area contributed by atoms with E-state index in [0.29, 0.717) is 41.5 Å². The lowest BCUT2D eigenvalue weighted by Crippen LogP contribution is -2.15. The van der Waals surface area contributed by atoms with E-state index in [9.17, 15) is 14.3 Å². The molecule has 2 aromatic carbocycles. The first-order valence-corrected chi connectivity index (χ1v) is 9.36. The summed E-state index contributed by atoms with van der Waals surface area (Å²) in [6, 6.07) is 14.1. The Hall–Kier alpha value is -2.63. The van der Waals surface area contributed by atoms with Crippen molar-refractivity contribution in [3.63, 3.8) is 0 Å². The molecule has 0 atom stereocenters. The molecule has 4 nitrogen and oxygen atoms in total. The van der Waals surface area contributed by atoms with Crippen LogP contribution in [0.4, 0.5) is 4.39 Å². The van der Waals surface area contributed by atoms with Crippen LogP contribution in [0.3, 0.4) is 0 Å². The van der Waals surface area contributed by atoms with E-state index in [1.54, 1.807) is 25.1 Å². The minimum Gasteiger partial charge on any atom is -0.478 e. The quantitative estimate of drug-likeness (QED) is 0.591. The van der Waals surface area contributed by atoms with Gasteiger partial charge in [-0.1, -0.05) is 41.9 Å². The van der Waals surface area contributed by atoms with Crippen LogP contribution in [0.25, 0.3) is 0 Å². The van der Waals surface area contributed by atoms with Crippen LogP contribution in [-0.4, -0.2) is 15.6 Å². The van der Waals surface area contributed by atoms with Gasteiger partial charge in [-0.2, -0.15) is 0 Å². The third-order valence-electron chi connectivity index (χ3n) is 4.93. The second-order valence-electron chi connectivity index (χ2n) is 6.74. The molecule has 28 heavy (non-hydrogen) atoms. The monoisotopic (exact) mass is 400 g/mol. The highest BCUT2D eigenvalue weighted by molar-refractivity contribution is 6.30. The highest BCUT2D eigenvalue weighted by Gasteiger charge is 2.22. The molecule has 2 N–H and O–H groups in total. The van der Waals surface area contributed by atoms with Crippen molar-refractivity contribution >= 4 is 17.6 Å². The first-order valence-electron chi connectivity index (χ1n) is 8.99. The molecule has 1 heterocycles. The zero-order valence-electron chi connectivity index (χ0n) is 15.8. The summed E-state index contributed by atoms with van der Waals surface area (Å²) in [5.41, 5.74) is 3.96. The fraction of sp³-hybridized carbons (Fsp3) is 0.227. The number of aromatic nitrogens is 1. The molecule has 0 fully saturated rings. The van der Waals surface area contributed by atoms with E-state index in [2.05, 4.69) is 5.32 Å². The summed E-state index contributed by atoms with van der Waals surface area (Å²) in [5.74, 6) is -1.28. The Balaban J connectivity index is 1.86. The molecule has 0 aliphatic rings. The Bertz CT molecular complexity index is 1010. The van der Waals surface area contributed by atoms with Gasteiger partial charge >= 0.3 is 5.97 Å². The first-order chi connectivity index (χ1) is 13.4. The molecular formula is C22H22ClFN2O2. The highest BCUT2D eigenvalue weighted by Crippen LogP contribution is 2.24. The molecule has 0 saturated carbocycles. The normalized spacial score (nSPS) is 11.0. The number of aromatic carboxylic acids is 1. The fourth-order valence-corrected chi connectivity index (χ4v) is 3.67. The van der Waals surface area contributed by atoms with Crippen LogP contribution in [-0.2, 0) is 19.6 Å². The summed E-state index contributed by atoms with van der Waals surface area (Å²) < 4.78 is 15.9. The van der Waals surface area contributed by atoms with Crippen molar-refractivity contribution in [1.29, 1.82) is 0 Å². The maximum Gasteiger partial charge on any atom is 0.337 e. The molecule has 0 spiro atoms. The van der Waals surface area contributed by atoms with Crippen molar-refractivity contribution in [2.24, 2.45) is 0 Å². The van der Waals surface area contributed by atoms with Crippen molar-refractivity contribution < 1.29 is 14.3 Å². The molecule has 0 aliphatic carbocycles. The van der Waals surface area contributed by atoms with Crippen LogP contribution < -0.4 is 5.32 Å². The standard InChI is InChI=1S/C22H22ClFN2O2/c1-14-19(12-25-11-16-6-5-8-18(23)10-16)21(22(27)28)15(2)26(14)13-17-7-3-4-9-20(17)24/h3-10,25H,11-13H2,1-2H3,(H,27,28). The molecule has 3 aromatic rings. The second-order valence-corrected chi connectivity index (χ2v) is 7.18. The smallest absolute Gasteiger partial charge is 0.337 e.